The molecule has 5 heteroatoms. The van der Waals surface area contributed by atoms with Crippen LogP contribution in [0.3, 0.4) is 0 Å². The maximum Gasteiger partial charge on any atom is 0.159 e. The van der Waals surface area contributed by atoms with Crippen LogP contribution in [0.4, 0.5) is 0 Å². The number of fused-ring (bicyclic) bond motifs is 2. The fraction of sp³-hybridized carbons (Fsp3) is 0.579. The molecule has 0 amide bonds. The lowest BCUT2D eigenvalue weighted by Crippen LogP contribution is -2.60. The highest BCUT2D eigenvalue weighted by Crippen LogP contribution is 2.38. The average molecular weight is 328 g/mol. The molecule has 5 unspecified atom stereocenters. The Hall–Kier alpha value is -1.56. The molecule has 5 atom stereocenters. The van der Waals surface area contributed by atoms with E-state index in [-0.39, 0.29) is 36.0 Å². The van der Waals surface area contributed by atoms with Gasteiger partial charge in [-0.1, -0.05) is 24.3 Å². The van der Waals surface area contributed by atoms with Crippen molar-refractivity contribution >= 4 is 11.6 Å². The van der Waals surface area contributed by atoms with Crippen molar-refractivity contribution in [2.45, 2.75) is 44.6 Å². The van der Waals surface area contributed by atoms with E-state index < -0.39 is 0 Å². The van der Waals surface area contributed by atoms with Gasteiger partial charge in [-0.15, -0.1) is 0 Å². The molecule has 24 heavy (non-hydrogen) atoms. The number of carbonyl (C=O) groups is 2. The van der Waals surface area contributed by atoms with E-state index in [0.29, 0.717) is 5.78 Å². The summed E-state index contributed by atoms with van der Waals surface area (Å²) in [5, 5.41) is 6.85. The van der Waals surface area contributed by atoms with Crippen LogP contribution in [0.15, 0.2) is 24.3 Å². The van der Waals surface area contributed by atoms with E-state index in [0.717, 1.165) is 43.5 Å². The Balaban J connectivity index is 1.48. The van der Waals surface area contributed by atoms with E-state index in [9.17, 15) is 9.59 Å². The lowest BCUT2D eigenvalue weighted by Gasteiger charge is -2.47. The Morgan fingerprint density at radius 2 is 1.92 bits per heavy atom. The van der Waals surface area contributed by atoms with Crippen molar-refractivity contribution in [3.8, 4) is 0 Å². The highest BCUT2D eigenvalue weighted by molar-refractivity contribution is 5.94. The largest absolute Gasteiger partial charge is 0.357 e. The van der Waals surface area contributed by atoms with Gasteiger partial charge >= 0.3 is 0 Å². The molecule has 3 saturated heterocycles. The number of hydrogen-bond donors (Lipinski definition) is 2. The molecule has 3 heterocycles. The van der Waals surface area contributed by atoms with Crippen LogP contribution in [-0.4, -0.2) is 37.0 Å². The van der Waals surface area contributed by atoms with Gasteiger partial charge in [0.1, 0.15) is 12.0 Å². The van der Waals surface area contributed by atoms with Crippen molar-refractivity contribution in [2.24, 2.45) is 11.8 Å². The third kappa shape index (κ3) is 2.81. The Bertz CT molecular complexity index is 643. The van der Waals surface area contributed by atoms with Crippen molar-refractivity contribution in [3.63, 3.8) is 0 Å². The number of ether oxygens (including phenoxy) is 1. The van der Waals surface area contributed by atoms with Crippen LogP contribution < -0.4 is 10.6 Å². The lowest BCUT2D eigenvalue weighted by molar-refractivity contribution is -0.172. The van der Waals surface area contributed by atoms with E-state index in [2.05, 4.69) is 10.6 Å². The van der Waals surface area contributed by atoms with Crippen LogP contribution in [0.25, 0.3) is 0 Å². The zero-order valence-electron chi connectivity index (χ0n) is 14.0. The monoisotopic (exact) mass is 328 g/mol. The van der Waals surface area contributed by atoms with Crippen molar-refractivity contribution in [1.29, 1.82) is 0 Å². The van der Waals surface area contributed by atoms with Gasteiger partial charge in [0, 0.05) is 24.1 Å². The van der Waals surface area contributed by atoms with E-state index in [1.165, 1.54) is 0 Å². The lowest BCUT2D eigenvalue weighted by atomic mass is 9.76. The second-order valence-electron chi connectivity index (χ2n) is 7.18. The summed E-state index contributed by atoms with van der Waals surface area (Å²) in [6, 6.07) is 7.93. The van der Waals surface area contributed by atoms with Crippen LogP contribution in [0.5, 0.6) is 0 Å². The summed E-state index contributed by atoms with van der Waals surface area (Å²) in [6.45, 7) is 3.25. The molecule has 0 spiro atoms. The normalized spacial score (nSPS) is 35.9. The first-order chi connectivity index (χ1) is 11.6. The highest BCUT2D eigenvalue weighted by atomic mass is 16.5. The zero-order chi connectivity index (χ0) is 16.7. The fourth-order valence-electron chi connectivity index (χ4n) is 4.30. The number of nitrogens with one attached hydrogen (secondary N) is 2. The molecule has 0 bridgehead atoms. The van der Waals surface area contributed by atoms with Gasteiger partial charge in [0.2, 0.25) is 0 Å². The number of ketones is 2. The average Bonchev–Trinajstić information content (AvgIpc) is 2.61. The summed E-state index contributed by atoms with van der Waals surface area (Å²) < 4.78 is 6.23. The van der Waals surface area contributed by atoms with Crippen molar-refractivity contribution < 1.29 is 14.3 Å². The van der Waals surface area contributed by atoms with Crippen LogP contribution in [-0.2, 0) is 9.53 Å². The minimum Gasteiger partial charge on any atom is -0.357 e. The third-order valence-corrected chi connectivity index (χ3v) is 5.70. The number of benzene rings is 1. The van der Waals surface area contributed by atoms with Crippen molar-refractivity contribution in [3.05, 3.63) is 35.4 Å². The van der Waals surface area contributed by atoms with Gasteiger partial charge < -0.3 is 10.1 Å². The third-order valence-electron chi connectivity index (χ3n) is 5.70. The van der Waals surface area contributed by atoms with Crippen LogP contribution in [0.2, 0.25) is 0 Å². The number of hydrogen-bond acceptors (Lipinski definition) is 5. The van der Waals surface area contributed by atoms with Crippen molar-refractivity contribution in [1.82, 2.24) is 10.6 Å². The number of rotatable bonds is 2. The maximum atomic E-state index is 12.8. The molecule has 3 aliphatic rings. The van der Waals surface area contributed by atoms with E-state index in [4.69, 9.17) is 4.74 Å². The van der Waals surface area contributed by atoms with Gasteiger partial charge in [0.05, 0.1) is 12.0 Å². The molecule has 4 rings (SSSR count). The summed E-state index contributed by atoms with van der Waals surface area (Å²) in [7, 11) is 0. The standard InChI is InChI=1S/C19H24N2O3/c1-11(22)12-2-4-13(5-3-12)16-7-6-15-18(23)14-8-9-20-10-17(14)24-19(15)21-16/h2-5,14-17,19-21H,6-10H2,1H3. The van der Waals surface area contributed by atoms with Gasteiger partial charge in [0.15, 0.2) is 5.78 Å². The van der Waals surface area contributed by atoms with Gasteiger partial charge in [-0.25, -0.2) is 0 Å². The predicted octanol–water partition coefficient (Wildman–Crippen LogP) is 1.83. The highest BCUT2D eigenvalue weighted by Gasteiger charge is 2.47. The predicted molar refractivity (Wildman–Crippen MR) is 89.7 cm³/mol. The Morgan fingerprint density at radius 3 is 2.67 bits per heavy atom. The molecule has 3 aliphatic heterocycles. The summed E-state index contributed by atoms with van der Waals surface area (Å²) in [5.41, 5.74) is 1.88. The Morgan fingerprint density at radius 1 is 1.12 bits per heavy atom. The van der Waals surface area contributed by atoms with Crippen LogP contribution in [0.1, 0.15) is 48.1 Å². The van der Waals surface area contributed by atoms with Gasteiger partial charge in [-0.05, 0) is 38.3 Å². The molecule has 0 aliphatic carbocycles. The molecule has 2 N–H and O–H groups in total. The van der Waals surface area contributed by atoms with Crippen molar-refractivity contribution in [2.75, 3.05) is 13.1 Å². The molecular weight excluding hydrogens is 304 g/mol. The molecule has 5 nitrogen and oxygen atoms in total. The maximum absolute atomic E-state index is 12.8. The molecular formula is C19H24N2O3. The number of piperidine rings is 2. The number of Topliss-reactive ketones (excluding diaryl/α,β-unsaturated/α-hetero) is 2. The summed E-state index contributed by atoms with van der Waals surface area (Å²) >= 11 is 0. The molecule has 0 radical (unpaired) electrons. The molecule has 1 aromatic carbocycles. The first-order valence-electron chi connectivity index (χ1n) is 8.90. The Labute approximate surface area is 142 Å². The summed E-state index contributed by atoms with van der Waals surface area (Å²) in [6.07, 6.45) is 2.49. The zero-order valence-corrected chi connectivity index (χ0v) is 14.0. The first kappa shape index (κ1) is 15.9. The fourth-order valence-corrected chi connectivity index (χ4v) is 4.30. The van der Waals surface area contributed by atoms with Crippen LogP contribution in [0, 0.1) is 11.8 Å². The minimum atomic E-state index is -0.190. The van der Waals surface area contributed by atoms with Crippen LogP contribution >= 0.6 is 0 Å². The minimum absolute atomic E-state index is 0.00108. The van der Waals surface area contributed by atoms with E-state index in [1.54, 1.807) is 6.92 Å². The SMILES string of the molecule is CC(=O)c1ccc(C2CCC3C(=O)C4CCNCC4OC3N2)cc1. The second-order valence-corrected chi connectivity index (χ2v) is 7.18. The summed E-state index contributed by atoms with van der Waals surface area (Å²) in [4.78, 5) is 24.2. The van der Waals surface area contributed by atoms with Gasteiger partial charge in [0.25, 0.3) is 0 Å². The Kier molecular flexibility index (Phi) is 4.24. The van der Waals surface area contributed by atoms with E-state index >= 15 is 0 Å². The molecule has 1 aromatic rings. The molecule has 0 saturated carbocycles. The molecule has 128 valence electrons. The van der Waals surface area contributed by atoms with Gasteiger partial charge in [-0.2, -0.15) is 0 Å². The topological polar surface area (TPSA) is 67.4 Å². The second kappa shape index (κ2) is 6.39. The molecule has 0 aromatic heterocycles. The smallest absolute Gasteiger partial charge is 0.159 e. The van der Waals surface area contributed by atoms with Gasteiger partial charge in [-0.3, -0.25) is 14.9 Å². The molecule has 3 fully saturated rings. The summed E-state index contributed by atoms with van der Waals surface area (Å²) in [5.74, 6) is 0.517. The van der Waals surface area contributed by atoms with E-state index in [1.807, 2.05) is 24.3 Å². The first-order valence-corrected chi connectivity index (χ1v) is 8.90. The number of carbonyl (C=O) groups excluding carboxylic acids is 2. The quantitative estimate of drug-likeness (QED) is 0.811.